The molecule has 0 fully saturated rings. The van der Waals surface area contributed by atoms with Crippen LogP contribution in [0.2, 0.25) is 0 Å². The predicted molar refractivity (Wildman–Crippen MR) is 546 cm³/mol. The van der Waals surface area contributed by atoms with Gasteiger partial charge >= 0.3 is 26.2 Å². The number of hydrogen-bond acceptors (Lipinski definition) is 7. The van der Waals surface area contributed by atoms with Gasteiger partial charge in [-0.05, 0) is 178 Å². The fourth-order valence-corrected chi connectivity index (χ4v) is 23.0. The van der Waals surface area contributed by atoms with Gasteiger partial charge in [0.2, 0.25) is 0 Å². The third-order valence-corrected chi connectivity index (χ3v) is 30.0. The van der Waals surface area contributed by atoms with E-state index < -0.39 is 82.5 Å². The van der Waals surface area contributed by atoms with E-state index in [1.54, 1.807) is 42.5 Å². The van der Waals surface area contributed by atoms with Crippen LogP contribution in [-0.4, -0.2) is 22.6 Å². The molecular weight excluding hydrogens is 1960 g/mol. The zero-order valence-corrected chi connectivity index (χ0v) is 79.1. The van der Waals surface area contributed by atoms with E-state index in [-0.39, 0.29) is 50.6 Å². The summed E-state index contributed by atoms with van der Waals surface area (Å²) in [6.45, 7) is 0. The maximum Gasteiger partial charge on any atom is 0.569 e. The van der Waals surface area contributed by atoms with Gasteiger partial charge in [0.25, 0.3) is 11.4 Å². The molecule has 0 bridgehead atoms. The number of nitrogens with zero attached hydrogens (tertiary/aromatic N) is 2. The van der Waals surface area contributed by atoms with Gasteiger partial charge < -0.3 is 15.4 Å². The molecule has 3 N–H and O–H groups in total. The topological polar surface area (TPSA) is 142 Å². The van der Waals surface area contributed by atoms with E-state index in [9.17, 15) is 59.7 Å². The number of para-hydroxylation sites is 1. The molecule has 0 atom stereocenters. The van der Waals surface area contributed by atoms with E-state index >= 15 is 0 Å². The van der Waals surface area contributed by atoms with E-state index in [1.807, 2.05) is 0 Å². The molecule has 0 heterocycles. The fraction of sp³-hybridized carbons (Fsp3) is 0.0270. The Morgan fingerprint density at radius 2 is 0.434 bits per heavy atom. The van der Waals surface area contributed by atoms with Gasteiger partial charge in [0.1, 0.15) is 5.75 Å². The van der Waals surface area contributed by atoms with E-state index in [0.717, 1.165) is 28.7 Å². The Balaban J connectivity index is 0.000000162. The second-order valence-electron chi connectivity index (χ2n) is 28.8. The number of rotatable bonds is 18. The van der Waals surface area contributed by atoms with Crippen molar-refractivity contribution in [2.45, 2.75) is 18.5 Å². The maximum absolute atomic E-state index is 12.8. The Bertz CT molecular complexity index is 5680. The number of nitro benzene ring substituents is 2. The van der Waals surface area contributed by atoms with Crippen molar-refractivity contribution in [1.29, 1.82) is 0 Å². The number of alkyl halides is 9. The Morgan fingerprint density at radius 3 is 0.632 bits per heavy atom. The van der Waals surface area contributed by atoms with Crippen LogP contribution in [0.1, 0.15) is 16.7 Å². The SMILES string of the molecule is Nc1ccc(-c2ccccc2C(F)(F)F)cc1.O=[N+]([O-])c1ccc(-c2ccccc2C(F)(F)F)cc1.O=[N+]([O-])c1ccc(Br)cc1.O[B]Oc1ccccc1C(F)(F)F.[Pd].c1ccc(P(c2ccccc2)c2ccccc2)cc1.c1ccc(P(c2ccccc2)c2ccccc2)cc1.c1ccc(P(c2ccccc2)c2ccccc2)cc1.c1ccc(P(c2ccccc2)c2ccccc2)cc1. The Hall–Kier alpha value is -13.4. The van der Waals surface area contributed by atoms with Gasteiger partial charge in [0.05, 0.1) is 26.5 Å². The molecule has 0 aliphatic rings. The van der Waals surface area contributed by atoms with Crippen molar-refractivity contribution < 1.29 is 79.5 Å². The van der Waals surface area contributed by atoms with Gasteiger partial charge in [-0.2, -0.15) is 39.5 Å². The number of nitrogens with two attached hydrogens (primary N) is 1. The molecule has 0 saturated carbocycles. The second-order valence-corrected chi connectivity index (χ2v) is 38.6. The first kappa shape index (κ1) is 105. The van der Waals surface area contributed by atoms with Crippen molar-refractivity contribution in [3.05, 3.63) is 551 Å². The van der Waals surface area contributed by atoms with E-state index in [1.165, 1.54) is 143 Å². The zero-order valence-electron chi connectivity index (χ0n) is 72.4. The number of nitrogen functional groups attached to an aromatic ring is 1. The molecule has 25 heteroatoms. The van der Waals surface area contributed by atoms with Gasteiger partial charge in [0.15, 0.2) is 0 Å². The first-order chi connectivity index (χ1) is 65.4. The third-order valence-electron chi connectivity index (χ3n) is 19.7. The summed E-state index contributed by atoms with van der Waals surface area (Å²) in [5, 5.41) is 45.6. The van der Waals surface area contributed by atoms with Crippen molar-refractivity contribution in [2.24, 2.45) is 0 Å². The number of nitro groups is 2. The molecule has 0 amide bonds. The van der Waals surface area contributed by atoms with E-state index in [0.29, 0.717) is 16.8 Å². The van der Waals surface area contributed by atoms with Crippen molar-refractivity contribution in [3.63, 3.8) is 0 Å². The van der Waals surface area contributed by atoms with Crippen LogP contribution in [0.15, 0.2) is 514 Å². The van der Waals surface area contributed by atoms with Crippen LogP contribution < -0.4 is 74.0 Å². The fourth-order valence-electron chi connectivity index (χ4n) is 13.5. The average molecular weight is 2050 g/mol. The number of hydrogen-bond donors (Lipinski definition) is 2. The molecule has 685 valence electrons. The smallest absolute Gasteiger partial charge is 0.537 e. The quantitative estimate of drug-likeness (QED) is 0.0218. The molecule has 0 aliphatic heterocycles. The second kappa shape index (κ2) is 54.2. The van der Waals surface area contributed by atoms with Gasteiger partial charge in [-0.3, -0.25) is 20.2 Å². The summed E-state index contributed by atoms with van der Waals surface area (Å²) in [7, 11) is -1.57. The molecule has 18 rings (SSSR count). The normalized spacial score (nSPS) is 10.7. The monoisotopic (exact) mass is 2050 g/mol. The third kappa shape index (κ3) is 32.4. The molecule has 0 aliphatic carbocycles. The standard InChI is InChI=1S/4C18H15P.C13H8F3NO2.C13H10F3N.C7H5BF3O2.C6H4BrNO2.Pd/c4*1-4-10-16(11-5-1)19(17-12-6-2-7-13-17)18-14-8-3-9-15-18;14-13(15,16)12-4-2-1-3-11(12)9-5-7-10(8-6-9)17(18)19;14-13(15,16)12-4-2-1-3-11(12)9-5-7-10(17)8-6-9;9-7(10,11)5-3-1-2-4-6(5)13-8-12;7-5-1-3-6(4-2-5)8(9)10;/h4*1-15H;1-8H;1-8H,17H2;1-4,12H;1-4H;. The molecule has 18 aromatic rings. The van der Waals surface area contributed by atoms with Crippen molar-refractivity contribution in [1.82, 2.24) is 0 Å². The van der Waals surface area contributed by atoms with Gasteiger partial charge in [-0.15, -0.1) is 0 Å². The maximum atomic E-state index is 12.8. The Kier molecular flexibility index (Phi) is 41.8. The Morgan fingerprint density at radius 1 is 0.257 bits per heavy atom. The predicted octanol–water partition coefficient (Wildman–Crippen LogP) is 26.0. The summed E-state index contributed by atoms with van der Waals surface area (Å²) >= 11 is 3.17. The van der Waals surface area contributed by atoms with Crippen LogP contribution >= 0.6 is 47.6 Å². The van der Waals surface area contributed by atoms with Gasteiger partial charge in [-0.25, -0.2) is 0 Å². The minimum atomic E-state index is -4.47. The summed E-state index contributed by atoms with van der Waals surface area (Å²) in [6, 6.07) is 162. The van der Waals surface area contributed by atoms with Crippen LogP contribution in [0.25, 0.3) is 22.3 Å². The Labute approximate surface area is 812 Å². The summed E-state index contributed by atoms with van der Waals surface area (Å²) < 4.78 is 119. The summed E-state index contributed by atoms with van der Waals surface area (Å²) in [5.74, 6) is -0.419. The number of anilines is 1. The van der Waals surface area contributed by atoms with E-state index in [4.69, 9.17) is 10.8 Å². The molecule has 0 unspecified atom stereocenters. The summed E-state index contributed by atoms with van der Waals surface area (Å²) in [4.78, 5) is 19.6. The van der Waals surface area contributed by atoms with Crippen LogP contribution in [0.4, 0.5) is 56.6 Å². The van der Waals surface area contributed by atoms with Crippen LogP contribution in [0, 0.1) is 20.2 Å². The molecular formula is C111H87BBrF9N3O6P4Pd. The minimum Gasteiger partial charge on any atom is -0.537 e. The average Bonchev–Trinajstić information content (AvgIpc) is 0.758. The number of halogens is 10. The van der Waals surface area contributed by atoms with Crippen molar-refractivity contribution in [2.75, 3.05) is 5.73 Å². The summed E-state index contributed by atoms with van der Waals surface area (Å²) in [6.07, 6.45) is -13.3. The zero-order chi connectivity index (χ0) is 95.6. The molecule has 0 saturated heterocycles. The molecule has 9 nitrogen and oxygen atoms in total. The molecule has 136 heavy (non-hydrogen) atoms. The molecule has 18 aromatic carbocycles. The van der Waals surface area contributed by atoms with Crippen molar-refractivity contribution >= 4 is 136 Å². The molecule has 0 aromatic heterocycles. The van der Waals surface area contributed by atoms with Gasteiger partial charge in [-0.1, -0.05) is 441 Å². The summed E-state index contributed by atoms with van der Waals surface area (Å²) in [5.41, 5.74) is 4.64. The van der Waals surface area contributed by atoms with Crippen LogP contribution in [0.5, 0.6) is 5.75 Å². The largest absolute Gasteiger partial charge is 0.569 e. The van der Waals surface area contributed by atoms with Gasteiger partial charge in [0, 0.05) is 54.8 Å². The van der Waals surface area contributed by atoms with Crippen LogP contribution in [-0.2, 0) is 39.0 Å². The minimum absolute atomic E-state index is 0. The van der Waals surface area contributed by atoms with Crippen LogP contribution in [0.3, 0.4) is 0 Å². The van der Waals surface area contributed by atoms with Crippen molar-refractivity contribution in [3.8, 4) is 28.0 Å². The van der Waals surface area contributed by atoms with E-state index in [2.05, 4.69) is 385 Å². The first-order valence-electron chi connectivity index (χ1n) is 41.9. The number of non-ortho nitro benzene ring substituents is 2. The number of benzene rings is 18. The first-order valence-corrected chi connectivity index (χ1v) is 48.0. The molecule has 1 radical (unpaired) electrons. The molecule has 0 spiro atoms.